The highest BCUT2D eigenvalue weighted by molar-refractivity contribution is 7.15. The predicted molar refractivity (Wildman–Crippen MR) is 85.1 cm³/mol. The van der Waals surface area contributed by atoms with Gasteiger partial charge in [-0.3, -0.25) is 4.98 Å². The van der Waals surface area contributed by atoms with E-state index in [0.717, 1.165) is 30.5 Å². The maximum Gasteiger partial charge on any atom is 0.180 e. The first-order valence-electron chi connectivity index (χ1n) is 6.84. The minimum atomic E-state index is 0.664. The van der Waals surface area contributed by atoms with E-state index in [1.807, 2.05) is 12.3 Å². The summed E-state index contributed by atoms with van der Waals surface area (Å²) in [5.74, 6) is 0. The molecule has 0 saturated heterocycles. The van der Waals surface area contributed by atoms with Crippen molar-refractivity contribution in [2.24, 2.45) is 0 Å². The standard InChI is InChI=1S/C16H17N3S/c1-2-5-13-14(20-16(17)19-13)10-12-7-3-6-11-8-4-9-18-15(11)12/h3-4,6-9H,2,5,10H2,1H3,(H2,17,19). The van der Waals surface area contributed by atoms with Crippen LogP contribution in [0.2, 0.25) is 0 Å². The molecule has 2 aromatic heterocycles. The molecule has 0 fully saturated rings. The van der Waals surface area contributed by atoms with Crippen LogP contribution in [0.4, 0.5) is 5.13 Å². The third-order valence-corrected chi connectivity index (χ3v) is 4.28. The number of aryl methyl sites for hydroxylation is 1. The zero-order valence-corrected chi connectivity index (χ0v) is 12.3. The summed E-state index contributed by atoms with van der Waals surface area (Å²) in [7, 11) is 0. The molecule has 0 atom stereocenters. The lowest BCUT2D eigenvalue weighted by Gasteiger charge is -2.05. The Balaban J connectivity index is 2.01. The molecular weight excluding hydrogens is 266 g/mol. The monoisotopic (exact) mass is 283 g/mol. The molecule has 0 aliphatic heterocycles. The average molecular weight is 283 g/mol. The molecular formula is C16H17N3S. The van der Waals surface area contributed by atoms with Crippen LogP contribution in [0.3, 0.4) is 0 Å². The molecule has 0 spiro atoms. The Morgan fingerprint density at radius 1 is 1.20 bits per heavy atom. The van der Waals surface area contributed by atoms with E-state index < -0.39 is 0 Å². The molecule has 102 valence electrons. The molecule has 0 amide bonds. The second-order valence-corrected chi connectivity index (χ2v) is 5.96. The number of nitrogens with zero attached hydrogens (tertiary/aromatic N) is 2. The summed E-state index contributed by atoms with van der Waals surface area (Å²) in [5, 5.41) is 1.84. The number of nitrogens with two attached hydrogens (primary N) is 1. The highest BCUT2D eigenvalue weighted by Gasteiger charge is 2.11. The fourth-order valence-electron chi connectivity index (χ4n) is 2.46. The van der Waals surface area contributed by atoms with Gasteiger partial charge >= 0.3 is 0 Å². The van der Waals surface area contributed by atoms with Crippen molar-refractivity contribution in [2.45, 2.75) is 26.2 Å². The molecule has 0 radical (unpaired) electrons. The maximum absolute atomic E-state index is 5.87. The summed E-state index contributed by atoms with van der Waals surface area (Å²) in [6.45, 7) is 2.17. The topological polar surface area (TPSA) is 51.8 Å². The Morgan fingerprint density at radius 2 is 2.05 bits per heavy atom. The van der Waals surface area contributed by atoms with Crippen LogP contribution in [-0.2, 0) is 12.8 Å². The van der Waals surface area contributed by atoms with E-state index in [-0.39, 0.29) is 0 Å². The molecule has 3 rings (SSSR count). The fraction of sp³-hybridized carbons (Fsp3) is 0.250. The van der Waals surface area contributed by atoms with Crippen molar-refractivity contribution >= 4 is 27.4 Å². The van der Waals surface area contributed by atoms with Crippen LogP contribution >= 0.6 is 11.3 Å². The molecule has 0 aliphatic rings. The zero-order chi connectivity index (χ0) is 13.9. The smallest absolute Gasteiger partial charge is 0.180 e. The van der Waals surface area contributed by atoms with Crippen LogP contribution in [0, 0.1) is 0 Å². The normalized spacial score (nSPS) is 11.1. The number of para-hydroxylation sites is 1. The van der Waals surface area contributed by atoms with Gasteiger partial charge in [0.05, 0.1) is 11.2 Å². The molecule has 3 aromatic rings. The molecule has 2 N–H and O–H groups in total. The van der Waals surface area contributed by atoms with E-state index in [9.17, 15) is 0 Å². The van der Waals surface area contributed by atoms with Crippen LogP contribution in [0.25, 0.3) is 10.9 Å². The van der Waals surface area contributed by atoms with Crippen molar-refractivity contribution in [3.05, 3.63) is 52.7 Å². The Hall–Kier alpha value is -1.94. The van der Waals surface area contributed by atoms with Gasteiger partial charge in [-0.25, -0.2) is 4.98 Å². The van der Waals surface area contributed by atoms with E-state index in [1.165, 1.54) is 15.8 Å². The first kappa shape index (κ1) is 13.1. The second-order valence-electron chi connectivity index (χ2n) is 4.84. The average Bonchev–Trinajstić information content (AvgIpc) is 2.80. The van der Waals surface area contributed by atoms with E-state index in [2.05, 4.69) is 41.2 Å². The number of rotatable bonds is 4. The van der Waals surface area contributed by atoms with Crippen molar-refractivity contribution in [2.75, 3.05) is 5.73 Å². The third-order valence-electron chi connectivity index (χ3n) is 3.35. The van der Waals surface area contributed by atoms with Gasteiger partial charge in [-0.05, 0) is 18.1 Å². The maximum atomic E-state index is 5.87. The number of thiazole rings is 1. The van der Waals surface area contributed by atoms with Crippen LogP contribution in [0.15, 0.2) is 36.5 Å². The number of benzene rings is 1. The van der Waals surface area contributed by atoms with Crippen molar-refractivity contribution in [1.82, 2.24) is 9.97 Å². The highest BCUT2D eigenvalue weighted by Crippen LogP contribution is 2.27. The summed E-state index contributed by atoms with van der Waals surface area (Å²) in [6.07, 6.45) is 4.78. The first-order valence-corrected chi connectivity index (χ1v) is 7.66. The van der Waals surface area contributed by atoms with Crippen molar-refractivity contribution in [3.63, 3.8) is 0 Å². The molecule has 0 unspecified atom stereocenters. The van der Waals surface area contributed by atoms with Crippen LogP contribution in [0.1, 0.15) is 29.5 Å². The predicted octanol–water partition coefficient (Wildman–Crippen LogP) is 3.82. The summed E-state index contributed by atoms with van der Waals surface area (Å²) < 4.78 is 0. The summed E-state index contributed by atoms with van der Waals surface area (Å²) in [6, 6.07) is 10.4. The minimum Gasteiger partial charge on any atom is -0.375 e. The lowest BCUT2D eigenvalue weighted by Crippen LogP contribution is -1.94. The van der Waals surface area contributed by atoms with E-state index in [4.69, 9.17) is 5.73 Å². The Kier molecular flexibility index (Phi) is 3.65. The summed E-state index contributed by atoms with van der Waals surface area (Å²) in [4.78, 5) is 10.2. The Bertz CT molecular complexity index is 728. The molecule has 0 bridgehead atoms. The molecule has 1 aromatic carbocycles. The van der Waals surface area contributed by atoms with E-state index in [0.29, 0.717) is 5.13 Å². The van der Waals surface area contributed by atoms with Gasteiger partial charge in [0.1, 0.15) is 0 Å². The van der Waals surface area contributed by atoms with Gasteiger partial charge in [0.15, 0.2) is 5.13 Å². The SMILES string of the molecule is CCCc1nc(N)sc1Cc1cccc2cccnc12. The molecule has 4 heteroatoms. The largest absolute Gasteiger partial charge is 0.375 e. The van der Waals surface area contributed by atoms with Crippen molar-refractivity contribution in [1.29, 1.82) is 0 Å². The van der Waals surface area contributed by atoms with Crippen molar-refractivity contribution < 1.29 is 0 Å². The van der Waals surface area contributed by atoms with Gasteiger partial charge in [-0.2, -0.15) is 0 Å². The summed E-state index contributed by atoms with van der Waals surface area (Å²) >= 11 is 1.60. The quantitative estimate of drug-likeness (QED) is 0.792. The van der Waals surface area contributed by atoms with Gasteiger partial charge < -0.3 is 5.73 Å². The number of anilines is 1. The Morgan fingerprint density at radius 3 is 2.90 bits per heavy atom. The van der Waals surface area contributed by atoms with Gasteiger partial charge in [-0.1, -0.05) is 37.6 Å². The van der Waals surface area contributed by atoms with Crippen LogP contribution in [0.5, 0.6) is 0 Å². The van der Waals surface area contributed by atoms with E-state index >= 15 is 0 Å². The molecule has 0 aliphatic carbocycles. The van der Waals surface area contributed by atoms with Crippen LogP contribution in [-0.4, -0.2) is 9.97 Å². The minimum absolute atomic E-state index is 0.664. The molecule has 3 nitrogen and oxygen atoms in total. The van der Waals surface area contributed by atoms with Gasteiger partial charge in [0.25, 0.3) is 0 Å². The lowest BCUT2D eigenvalue weighted by atomic mass is 10.0. The highest BCUT2D eigenvalue weighted by atomic mass is 32.1. The zero-order valence-electron chi connectivity index (χ0n) is 11.5. The lowest BCUT2D eigenvalue weighted by molar-refractivity contribution is 0.880. The number of hydrogen-bond acceptors (Lipinski definition) is 4. The number of nitrogen functional groups attached to an aromatic ring is 1. The van der Waals surface area contributed by atoms with Gasteiger partial charge in [-0.15, -0.1) is 11.3 Å². The van der Waals surface area contributed by atoms with Gasteiger partial charge in [0.2, 0.25) is 0 Å². The number of aromatic nitrogens is 2. The third kappa shape index (κ3) is 2.51. The fourth-order valence-corrected chi connectivity index (χ4v) is 3.36. The van der Waals surface area contributed by atoms with E-state index in [1.54, 1.807) is 11.3 Å². The number of hydrogen-bond donors (Lipinski definition) is 1. The first-order chi connectivity index (χ1) is 9.78. The molecule has 2 heterocycles. The second kappa shape index (κ2) is 5.59. The number of pyridine rings is 1. The molecule has 20 heavy (non-hydrogen) atoms. The summed E-state index contributed by atoms with van der Waals surface area (Å²) in [5.41, 5.74) is 9.32. The molecule has 0 saturated carbocycles. The van der Waals surface area contributed by atoms with Crippen LogP contribution < -0.4 is 5.73 Å². The van der Waals surface area contributed by atoms with Gasteiger partial charge in [0, 0.05) is 22.9 Å². The Labute approximate surface area is 122 Å². The van der Waals surface area contributed by atoms with Crippen molar-refractivity contribution in [3.8, 4) is 0 Å². The number of fused-ring (bicyclic) bond motifs is 1.